The number of rotatable bonds is 5. The molecule has 1 heterocycles. The molecule has 0 spiro atoms. The number of halogens is 1. The average Bonchev–Trinajstić information content (AvgIpc) is 2.68. The largest absolute Gasteiger partial charge is 0.493 e. The van der Waals surface area contributed by atoms with E-state index < -0.39 is 11.9 Å². The lowest BCUT2D eigenvalue weighted by Crippen LogP contribution is -2.47. The minimum Gasteiger partial charge on any atom is -0.493 e. The minimum absolute atomic E-state index is 0.0964. The fourth-order valence-corrected chi connectivity index (χ4v) is 3.01. The molecule has 1 aliphatic heterocycles. The lowest BCUT2D eigenvalue weighted by molar-refractivity contribution is -0.120. The minimum atomic E-state index is -0.451. The highest BCUT2D eigenvalue weighted by atomic mass is 35.5. The van der Waals surface area contributed by atoms with E-state index >= 15 is 0 Å². The molecule has 0 unspecified atom stereocenters. The Morgan fingerprint density at radius 1 is 1.29 bits per heavy atom. The highest BCUT2D eigenvalue weighted by molar-refractivity contribution is 6.31. The summed E-state index contributed by atoms with van der Waals surface area (Å²) in [4.78, 5) is 29.0. The Bertz CT molecular complexity index is 929. The standard InChI is InChI=1S/C20H20ClN3O4/c1-3-28-16-8-7-12(10-17(16)27-2)15-11-18(25)23-20(22-15)24-19(26)13-5-4-6-14(21)9-13/h4-10,15H,3,11H2,1-2H3,(H2,22,23,24,25,26)/t15-/m1/s1. The van der Waals surface area contributed by atoms with E-state index in [1.54, 1.807) is 37.4 Å². The zero-order valence-electron chi connectivity index (χ0n) is 15.5. The summed E-state index contributed by atoms with van der Waals surface area (Å²) in [6.07, 6.45) is 0.160. The Morgan fingerprint density at radius 2 is 2.11 bits per heavy atom. The van der Waals surface area contributed by atoms with Gasteiger partial charge in [0.15, 0.2) is 11.5 Å². The number of carbonyl (C=O) groups excluding carboxylic acids is 2. The third-order valence-corrected chi connectivity index (χ3v) is 4.35. The second-order valence-corrected chi connectivity index (χ2v) is 6.49. The van der Waals surface area contributed by atoms with Crippen LogP contribution in [0.2, 0.25) is 5.02 Å². The molecule has 0 saturated carbocycles. The summed E-state index contributed by atoms with van der Waals surface area (Å²) in [7, 11) is 1.55. The second kappa shape index (κ2) is 8.75. The van der Waals surface area contributed by atoms with Gasteiger partial charge in [-0.2, -0.15) is 0 Å². The molecule has 2 N–H and O–H groups in total. The van der Waals surface area contributed by atoms with Crippen LogP contribution < -0.4 is 20.1 Å². The van der Waals surface area contributed by atoms with Crippen molar-refractivity contribution in [1.82, 2.24) is 10.6 Å². The molecule has 1 atom stereocenters. The predicted octanol–water partition coefficient (Wildman–Crippen LogP) is 3.09. The number of nitrogens with one attached hydrogen (secondary N) is 2. The van der Waals surface area contributed by atoms with Gasteiger partial charge in [0, 0.05) is 10.6 Å². The van der Waals surface area contributed by atoms with Crippen molar-refractivity contribution in [3.05, 3.63) is 58.6 Å². The number of guanidine groups is 1. The Morgan fingerprint density at radius 3 is 2.82 bits per heavy atom. The van der Waals surface area contributed by atoms with Crippen molar-refractivity contribution < 1.29 is 19.1 Å². The lowest BCUT2D eigenvalue weighted by Gasteiger charge is -2.22. The summed E-state index contributed by atoms with van der Waals surface area (Å²) < 4.78 is 10.9. The Hall–Kier alpha value is -3.06. The highest BCUT2D eigenvalue weighted by Gasteiger charge is 2.24. The van der Waals surface area contributed by atoms with Gasteiger partial charge in [0.2, 0.25) is 11.9 Å². The van der Waals surface area contributed by atoms with Gasteiger partial charge in [0.05, 0.1) is 26.2 Å². The molecule has 146 valence electrons. The molecule has 7 nitrogen and oxygen atoms in total. The van der Waals surface area contributed by atoms with Gasteiger partial charge in [0.25, 0.3) is 5.91 Å². The topological polar surface area (TPSA) is 89.0 Å². The van der Waals surface area contributed by atoms with Crippen molar-refractivity contribution in [2.24, 2.45) is 4.99 Å². The third kappa shape index (κ3) is 4.61. The molecule has 0 fully saturated rings. The van der Waals surface area contributed by atoms with E-state index in [2.05, 4.69) is 15.6 Å². The Kier molecular flexibility index (Phi) is 6.16. The zero-order chi connectivity index (χ0) is 20.1. The molecule has 0 radical (unpaired) electrons. The van der Waals surface area contributed by atoms with Crippen molar-refractivity contribution in [2.75, 3.05) is 13.7 Å². The number of nitrogens with zero attached hydrogens (tertiary/aromatic N) is 1. The normalized spacial score (nSPS) is 16.0. The number of hydrogen-bond donors (Lipinski definition) is 2. The number of hydrogen-bond acceptors (Lipinski definition) is 5. The van der Waals surface area contributed by atoms with Crippen LogP contribution in [0.25, 0.3) is 0 Å². The predicted molar refractivity (Wildman–Crippen MR) is 106 cm³/mol. The number of carbonyl (C=O) groups is 2. The molecular weight excluding hydrogens is 382 g/mol. The van der Waals surface area contributed by atoms with Crippen LogP contribution in [-0.2, 0) is 4.79 Å². The van der Waals surface area contributed by atoms with E-state index in [0.717, 1.165) is 5.56 Å². The second-order valence-electron chi connectivity index (χ2n) is 6.05. The zero-order valence-corrected chi connectivity index (χ0v) is 16.2. The van der Waals surface area contributed by atoms with Gasteiger partial charge >= 0.3 is 0 Å². The van der Waals surface area contributed by atoms with Crippen LogP contribution >= 0.6 is 11.6 Å². The van der Waals surface area contributed by atoms with Crippen LogP contribution in [0, 0.1) is 0 Å². The van der Waals surface area contributed by atoms with Crippen molar-refractivity contribution in [3.8, 4) is 11.5 Å². The molecule has 2 aromatic rings. The summed E-state index contributed by atoms with van der Waals surface area (Å²) in [6, 6.07) is 11.5. The van der Waals surface area contributed by atoms with E-state index in [1.807, 2.05) is 13.0 Å². The monoisotopic (exact) mass is 401 g/mol. The molecule has 2 aromatic carbocycles. The summed E-state index contributed by atoms with van der Waals surface area (Å²) in [5, 5.41) is 5.65. The van der Waals surface area contributed by atoms with Crippen molar-refractivity contribution in [2.45, 2.75) is 19.4 Å². The Balaban J connectivity index is 1.82. The van der Waals surface area contributed by atoms with E-state index in [9.17, 15) is 9.59 Å². The third-order valence-electron chi connectivity index (χ3n) is 4.11. The molecule has 0 saturated heterocycles. The molecule has 3 rings (SSSR count). The van der Waals surface area contributed by atoms with Crippen LogP contribution in [0.3, 0.4) is 0 Å². The first-order chi connectivity index (χ1) is 13.5. The van der Waals surface area contributed by atoms with Gasteiger partial charge < -0.3 is 9.47 Å². The van der Waals surface area contributed by atoms with E-state index in [4.69, 9.17) is 21.1 Å². The average molecular weight is 402 g/mol. The van der Waals surface area contributed by atoms with E-state index in [0.29, 0.717) is 28.7 Å². The SMILES string of the molecule is CCOc1ccc([C@H]2CC(=O)NC(NC(=O)c3cccc(Cl)c3)=N2)cc1OC. The maximum Gasteiger partial charge on any atom is 0.258 e. The van der Waals surface area contributed by atoms with Gasteiger partial charge in [-0.1, -0.05) is 23.7 Å². The maximum absolute atomic E-state index is 12.4. The van der Waals surface area contributed by atoms with Crippen LogP contribution in [-0.4, -0.2) is 31.5 Å². The summed E-state index contributed by atoms with van der Waals surface area (Å²) in [5.41, 5.74) is 1.15. The molecular formula is C20H20ClN3O4. The number of aliphatic imine (C=N–C) groups is 1. The number of benzene rings is 2. The van der Waals surface area contributed by atoms with E-state index in [1.165, 1.54) is 6.07 Å². The Labute approximate surface area is 167 Å². The number of methoxy groups -OCH3 is 1. The summed E-state index contributed by atoms with van der Waals surface area (Å²) in [6.45, 7) is 2.40. The van der Waals surface area contributed by atoms with Crippen LogP contribution in [0.1, 0.15) is 35.3 Å². The van der Waals surface area contributed by atoms with Crippen molar-refractivity contribution >= 4 is 29.4 Å². The van der Waals surface area contributed by atoms with Gasteiger partial charge in [0.1, 0.15) is 0 Å². The maximum atomic E-state index is 12.4. The fourth-order valence-electron chi connectivity index (χ4n) is 2.82. The van der Waals surface area contributed by atoms with Crippen LogP contribution in [0.4, 0.5) is 0 Å². The molecule has 0 aliphatic carbocycles. The van der Waals surface area contributed by atoms with Gasteiger partial charge in [-0.05, 0) is 42.8 Å². The highest BCUT2D eigenvalue weighted by Crippen LogP contribution is 2.33. The number of amides is 2. The van der Waals surface area contributed by atoms with Crippen LogP contribution in [0.5, 0.6) is 11.5 Å². The fraction of sp³-hybridized carbons (Fsp3) is 0.250. The quantitative estimate of drug-likeness (QED) is 0.805. The molecule has 2 amide bonds. The van der Waals surface area contributed by atoms with Crippen molar-refractivity contribution in [3.63, 3.8) is 0 Å². The van der Waals surface area contributed by atoms with Gasteiger partial charge in [-0.15, -0.1) is 0 Å². The number of ether oxygens (including phenoxy) is 2. The first-order valence-corrected chi connectivity index (χ1v) is 9.13. The summed E-state index contributed by atoms with van der Waals surface area (Å²) in [5.74, 6) is 0.623. The molecule has 28 heavy (non-hydrogen) atoms. The molecule has 8 heteroatoms. The van der Waals surface area contributed by atoms with Gasteiger partial charge in [-0.25, -0.2) is 4.99 Å². The van der Waals surface area contributed by atoms with Crippen molar-refractivity contribution in [1.29, 1.82) is 0 Å². The molecule has 1 aliphatic rings. The lowest BCUT2D eigenvalue weighted by atomic mass is 10.0. The van der Waals surface area contributed by atoms with E-state index in [-0.39, 0.29) is 18.3 Å². The first kappa shape index (κ1) is 19.7. The first-order valence-electron chi connectivity index (χ1n) is 8.75. The summed E-state index contributed by atoms with van der Waals surface area (Å²) >= 11 is 5.92. The van der Waals surface area contributed by atoms with Crippen LogP contribution in [0.15, 0.2) is 47.5 Å². The smallest absolute Gasteiger partial charge is 0.258 e. The molecule has 0 bridgehead atoms. The van der Waals surface area contributed by atoms with Gasteiger partial charge in [-0.3, -0.25) is 20.2 Å². The molecule has 0 aromatic heterocycles.